The highest BCUT2D eigenvalue weighted by Gasteiger charge is 1.92. The first-order valence-corrected chi connectivity index (χ1v) is 3.14. The second-order valence-electron chi connectivity index (χ2n) is 1.56. The minimum Gasteiger partial charge on any atom is -0.482 e. The third kappa shape index (κ3) is 8.11. The van der Waals surface area contributed by atoms with Crippen LogP contribution in [0.25, 0.3) is 0 Å². The zero-order valence-corrected chi connectivity index (χ0v) is 5.96. The van der Waals surface area contributed by atoms with Gasteiger partial charge in [0.15, 0.2) is 0 Å². The Labute approximate surface area is 59.2 Å². The molecule has 0 amide bonds. The lowest BCUT2D eigenvalue weighted by Crippen LogP contribution is -2.08. The second kappa shape index (κ2) is 8.11. The van der Waals surface area contributed by atoms with E-state index < -0.39 is 0 Å². The molecule has 5 heteroatoms. The monoisotopic (exact) mass is 123 g/mol. The molecule has 0 heterocycles. The number of hydrogen-bond acceptors (Lipinski definition) is 2. The van der Waals surface area contributed by atoms with E-state index in [1.165, 1.54) is 7.69 Å². The fourth-order valence-corrected chi connectivity index (χ4v) is 0.313. The van der Waals surface area contributed by atoms with Gasteiger partial charge in [0.1, 0.15) is 0 Å². The first-order valence-electron chi connectivity index (χ1n) is 3.14. The Kier molecular flexibility index (Phi) is 8.22. The molecule has 0 spiro atoms. The minimum absolute atomic E-state index is 0.962. The van der Waals surface area contributed by atoms with Crippen LogP contribution < -0.4 is 0 Å². The van der Waals surface area contributed by atoms with Gasteiger partial charge in [0.25, 0.3) is 15.0 Å². The first kappa shape index (κ1) is 9.11. The van der Waals surface area contributed by atoms with Crippen molar-refractivity contribution in [2.45, 2.75) is 26.5 Å². The van der Waals surface area contributed by atoms with Gasteiger partial charge in [-0.25, -0.2) is 0 Å². The average molecular weight is 123 g/mol. The van der Waals surface area contributed by atoms with E-state index in [2.05, 4.69) is 11.5 Å². The van der Waals surface area contributed by atoms with Crippen LogP contribution in [0.2, 0.25) is 13.1 Å². The summed E-state index contributed by atoms with van der Waals surface area (Å²) in [7, 11) is 4.57. The Balaban J connectivity index is 2.60. The average Bonchev–Trinajstić information content (AvgIpc) is 1.89. The van der Waals surface area contributed by atoms with Gasteiger partial charge in [-0.2, -0.15) is 0 Å². The lowest BCUT2D eigenvalue weighted by atomic mass is 9.91. The Bertz CT molecular complexity index is 47.1. The summed E-state index contributed by atoms with van der Waals surface area (Å²) in [5, 5.41) is 0. The molecule has 0 N–H and O–H groups in total. The van der Waals surface area contributed by atoms with Crippen molar-refractivity contribution in [1.82, 2.24) is 0 Å². The summed E-state index contributed by atoms with van der Waals surface area (Å²) >= 11 is 0. The van der Waals surface area contributed by atoms with Crippen molar-refractivity contribution in [3.05, 3.63) is 0 Å². The molecule has 0 aliphatic heterocycles. The predicted molar refractivity (Wildman–Crippen MR) is 40.4 cm³/mol. The van der Waals surface area contributed by atoms with Crippen molar-refractivity contribution in [3.8, 4) is 0 Å². The lowest BCUT2D eigenvalue weighted by molar-refractivity contribution is 0.493. The molecule has 0 aliphatic carbocycles. The van der Waals surface area contributed by atoms with Crippen LogP contribution in [-0.4, -0.2) is 22.6 Å². The lowest BCUT2D eigenvalue weighted by Gasteiger charge is -1.96. The van der Waals surface area contributed by atoms with E-state index in [1.54, 1.807) is 21.8 Å². The highest BCUT2D eigenvalue weighted by atomic mass is 16.5. The van der Waals surface area contributed by atoms with Crippen molar-refractivity contribution >= 4 is 22.6 Å². The van der Waals surface area contributed by atoms with E-state index in [9.17, 15) is 0 Å². The molecule has 0 fully saturated rings. The normalized spacial score (nSPS) is 8.67. The maximum Gasteiger partial charge on any atom is 0.454 e. The summed E-state index contributed by atoms with van der Waals surface area (Å²) in [4.78, 5) is 0. The molecule has 0 aromatic rings. The van der Waals surface area contributed by atoms with Crippen molar-refractivity contribution in [3.63, 3.8) is 0 Å². The molecule has 9 heavy (non-hydrogen) atoms. The van der Waals surface area contributed by atoms with Crippen LogP contribution in [0.4, 0.5) is 0 Å². The smallest absolute Gasteiger partial charge is 0.454 e. The third-order valence-corrected chi connectivity index (χ3v) is 0.750. The van der Waals surface area contributed by atoms with Gasteiger partial charge in [0, 0.05) is 0 Å². The van der Waals surface area contributed by atoms with E-state index in [4.69, 9.17) is 4.57 Å². The minimum atomic E-state index is 0.962. The summed E-state index contributed by atoms with van der Waals surface area (Å²) in [6, 6.07) is 0. The van der Waals surface area contributed by atoms with E-state index in [1.807, 2.05) is 0 Å². The Hall–Kier alpha value is 0.115. The molecular formula is C4H10B3O2. The standard InChI is InChI=1S/C4H10B3O2/c1-3-4-6-9-7-8-5-2/h3-4H2,1-2H3. The molecule has 2 nitrogen and oxygen atoms in total. The fourth-order valence-electron chi connectivity index (χ4n) is 0.313. The Morgan fingerprint density at radius 2 is 2.11 bits per heavy atom. The van der Waals surface area contributed by atoms with Crippen molar-refractivity contribution in [1.29, 1.82) is 0 Å². The molecular weight excluding hydrogens is 112 g/mol. The van der Waals surface area contributed by atoms with Crippen LogP contribution in [0.5, 0.6) is 0 Å². The zero-order valence-electron chi connectivity index (χ0n) is 5.96. The van der Waals surface area contributed by atoms with Gasteiger partial charge in [-0.15, -0.1) is 0 Å². The van der Waals surface area contributed by atoms with E-state index in [-0.39, 0.29) is 0 Å². The summed E-state index contributed by atoms with van der Waals surface area (Å²) in [6.45, 7) is 3.88. The maximum atomic E-state index is 4.81. The molecule has 0 rings (SSSR count). The van der Waals surface area contributed by atoms with Crippen molar-refractivity contribution < 1.29 is 9.14 Å². The molecule has 0 bridgehead atoms. The summed E-state index contributed by atoms with van der Waals surface area (Å²) in [5.74, 6) is 0. The van der Waals surface area contributed by atoms with Gasteiger partial charge in [-0.1, -0.05) is 26.5 Å². The topological polar surface area (TPSA) is 18.5 Å². The van der Waals surface area contributed by atoms with E-state index in [0.717, 1.165) is 12.7 Å². The Morgan fingerprint density at radius 3 is 2.67 bits per heavy atom. The molecule has 47 valence electrons. The highest BCUT2D eigenvalue weighted by molar-refractivity contribution is 6.44. The van der Waals surface area contributed by atoms with E-state index >= 15 is 0 Å². The van der Waals surface area contributed by atoms with Crippen LogP contribution in [0.3, 0.4) is 0 Å². The van der Waals surface area contributed by atoms with Crippen LogP contribution in [-0.2, 0) is 9.14 Å². The van der Waals surface area contributed by atoms with Gasteiger partial charge in [-0.3, -0.25) is 0 Å². The fraction of sp³-hybridized carbons (Fsp3) is 1.00. The summed E-state index contributed by atoms with van der Waals surface area (Å²) < 4.78 is 9.49. The van der Waals surface area contributed by atoms with Crippen LogP contribution in [0, 0.1) is 0 Å². The van der Waals surface area contributed by atoms with Gasteiger partial charge in [0.05, 0.1) is 0 Å². The molecule has 0 aromatic heterocycles. The van der Waals surface area contributed by atoms with Crippen molar-refractivity contribution in [2.75, 3.05) is 0 Å². The molecule has 3 radical (unpaired) electrons. The summed E-state index contributed by atoms with van der Waals surface area (Å²) in [5.41, 5.74) is 0. The quantitative estimate of drug-likeness (QED) is 0.381. The molecule has 0 unspecified atom stereocenters. The van der Waals surface area contributed by atoms with Crippen LogP contribution in [0.1, 0.15) is 13.3 Å². The van der Waals surface area contributed by atoms with E-state index in [0.29, 0.717) is 0 Å². The maximum absolute atomic E-state index is 4.81. The van der Waals surface area contributed by atoms with Gasteiger partial charge in [-0.05, 0) is 0 Å². The molecule has 0 saturated carbocycles. The summed E-state index contributed by atoms with van der Waals surface area (Å²) in [6.07, 6.45) is 2.06. The largest absolute Gasteiger partial charge is 0.482 e. The van der Waals surface area contributed by atoms with Gasteiger partial charge < -0.3 is 9.14 Å². The first-order chi connectivity index (χ1) is 4.41. The molecule has 0 aliphatic rings. The SMILES string of the molecule is C[B]O[B]O[B]CCC. The number of hydrogen-bond donors (Lipinski definition) is 0. The van der Waals surface area contributed by atoms with Gasteiger partial charge >= 0.3 is 7.69 Å². The third-order valence-electron chi connectivity index (χ3n) is 0.750. The molecule has 0 aromatic carbocycles. The van der Waals surface area contributed by atoms with Crippen molar-refractivity contribution in [2.24, 2.45) is 0 Å². The highest BCUT2D eigenvalue weighted by Crippen LogP contribution is 1.84. The zero-order chi connectivity index (χ0) is 6.95. The molecule has 0 saturated heterocycles. The predicted octanol–water partition coefficient (Wildman–Crippen LogP) is 0.669. The number of rotatable bonds is 6. The van der Waals surface area contributed by atoms with Gasteiger partial charge in [0.2, 0.25) is 0 Å². The Morgan fingerprint density at radius 1 is 1.33 bits per heavy atom. The van der Waals surface area contributed by atoms with Crippen LogP contribution in [0.15, 0.2) is 0 Å². The van der Waals surface area contributed by atoms with Crippen LogP contribution >= 0.6 is 0 Å². The second-order valence-corrected chi connectivity index (χ2v) is 1.56. The molecule has 0 atom stereocenters.